The van der Waals surface area contributed by atoms with Gasteiger partial charge in [-0.3, -0.25) is 4.31 Å². The number of benzene rings is 2. The molecule has 23 heavy (non-hydrogen) atoms. The Hall–Kier alpha value is -1.56. The molecule has 4 nitrogen and oxygen atoms in total. The molecule has 2 aromatic rings. The van der Waals surface area contributed by atoms with E-state index in [4.69, 9.17) is 11.6 Å². The van der Waals surface area contributed by atoms with Gasteiger partial charge in [0.05, 0.1) is 10.6 Å². The molecule has 1 N–H and O–H groups in total. The average molecular weight is 351 g/mol. The summed E-state index contributed by atoms with van der Waals surface area (Å²) in [5.74, 6) is 0. The predicted molar refractivity (Wildman–Crippen MR) is 93.5 cm³/mol. The van der Waals surface area contributed by atoms with E-state index >= 15 is 0 Å². The van der Waals surface area contributed by atoms with Crippen LogP contribution in [0.15, 0.2) is 47.4 Å². The van der Waals surface area contributed by atoms with Gasteiger partial charge >= 0.3 is 0 Å². The maximum Gasteiger partial charge on any atom is 0.264 e. The molecular weight excluding hydrogens is 332 g/mol. The first-order valence-corrected chi connectivity index (χ1v) is 9.31. The van der Waals surface area contributed by atoms with Gasteiger partial charge < -0.3 is 5.32 Å². The van der Waals surface area contributed by atoms with Crippen molar-refractivity contribution >= 4 is 27.3 Å². The van der Waals surface area contributed by atoms with Gasteiger partial charge in [0.2, 0.25) is 0 Å². The fourth-order valence-electron chi connectivity index (χ4n) is 2.85. The Bertz CT molecular complexity index is 836. The lowest BCUT2D eigenvalue weighted by Gasteiger charge is -2.26. The molecule has 0 saturated carbocycles. The van der Waals surface area contributed by atoms with Crippen LogP contribution < -0.4 is 9.62 Å². The maximum absolute atomic E-state index is 13.2. The zero-order valence-corrected chi connectivity index (χ0v) is 14.7. The van der Waals surface area contributed by atoms with Crippen molar-refractivity contribution in [3.8, 4) is 0 Å². The van der Waals surface area contributed by atoms with Crippen LogP contribution in [0.25, 0.3) is 0 Å². The number of nitrogens with one attached hydrogen (secondary N) is 1. The summed E-state index contributed by atoms with van der Waals surface area (Å²) in [7, 11) is -3.64. The van der Waals surface area contributed by atoms with E-state index in [0.29, 0.717) is 28.6 Å². The molecule has 0 saturated heterocycles. The van der Waals surface area contributed by atoms with Crippen LogP contribution >= 0.6 is 11.6 Å². The van der Waals surface area contributed by atoms with Crippen molar-refractivity contribution in [3.63, 3.8) is 0 Å². The summed E-state index contributed by atoms with van der Waals surface area (Å²) >= 11 is 5.96. The van der Waals surface area contributed by atoms with E-state index in [9.17, 15) is 8.42 Å². The van der Waals surface area contributed by atoms with Gasteiger partial charge in [-0.05, 0) is 49.2 Å². The topological polar surface area (TPSA) is 49.4 Å². The summed E-state index contributed by atoms with van der Waals surface area (Å²) < 4.78 is 28.0. The molecule has 1 aliphatic rings. The van der Waals surface area contributed by atoms with Crippen molar-refractivity contribution in [2.24, 2.45) is 0 Å². The number of nitrogens with zero attached hydrogens (tertiary/aromatic N) is 1. The second kappa shape index (κ2) is 6.15. The summed E-state index contributed by atoms with van der Waals surface area (Å²) in [6.45, 7) is 4.80. The van der Waals surface area contributed by atoms with Gasteiger partial charge in [-0.25, -0.2) is 8.42 Å². The Morgan fingerprint density at radius 2 is 1.96 bits per heavy atom. The molecule has 2 aromatic carbocycles. The lowest BCUT2D eigenvalue weighted by Crippen LogP contribution is -2.39. The molecule has 1 heterocycles. The van der Waals surface area contributed by atoms with Crippen molar-refractivity contribution < 1.29 is 8.42 Å². The Kier molecular flexibility index (Phi) is 4.36. The van der Waals surface area contributed by atoms with Crippen molar-refractivity contribution in [1.29, 1.82) is 0 Å². The lowest BCUT2D eigenvalue weighted by atomic mass is 10.2. The quantitative estimate of drug-likeness (QED) is 0.903. The second-order valence-electron chi connectivity index (χ2n) is 5.86. The van der Waals surface area contributed by atoms with Crippen LogP contribution in [0.2, 0.25) is 5.02 Å². The number of hydrogen-bond acceptors (Lipinski definition) is 3. The van der Waals surface area contributed by atoms with Gasteiger partial charge in [-0.15, -0.1) is 0 Å². The largest absolute Gasteiger partial charge is 0.308 e. The van der Waals surface area contributed by atoms with Crippen molar-refractivity contribution in [2.75, 3.05) is 10.8 Å². The van der Waals surface area contributed by atoms with Crippen LogP contribution in [0.4, 0.5) is 5.69 Å². The fourth-order valence-corrected chi connectivity index (χ4v) is 4.87. The molecule has 3 rings (SSSR count). The zero-order chi connectivity index (χ0) is 16.6. The fraction of sp³-hybridized carbons (Fsp3) is 0.294. The van der Waals surface area contributed by atoms with Crippen LogP contribution in [-0.2, 0) is 16.6 Å². The van der Waals surface area contributed by atoms with E-state index in [0.717, 1.165) is 11.3 Å². The van der Waals surface area contributed by atoms with Gasteiger partial charge in [0.25, 0.3) is 10.0 Å². The zero-order valence-electron chi connectivity index (χ0n) is 13.1. The lowest BCUT2D eigenvalue weighted by molar-refractivity contribution is 0.556. The minimum Gasteiger partial charge on any atom is -0.308 e. The molecule has 0 aromatic heterocycles. The Labute approximate surface area is 142 Å². The number of aryl methyl sites for hydroxylation is 1. The Morgan fingerprint density at radius 1 is 1.22 bits per heavy atom. The van der Waals surface area contributed by atoms with E-state index in [2.05, 4.69) is 5.32 Å². The Balaban J connectivity index is 2.14. The van der Waals surface area contributed by atoms with E-state index in [1.165, 1.54) is 4.31 Å². The van der Waals surface area contributed by atoms with Gasteiger partial charge in [0.1, 0.15) is 0 Å². The smallest absolute Gasteiger partial charge is 0.264 e. The molecule has 122 valence electrons. The van der Waals surface area contributed by atoms with Crippen molar-refractivity contribution in [3.05, 3.63) is 58.6 Å². The Morgan fingerprint density at radius 3 is 2.70 bits per heavy atom. The minimum absolute atomic E-state index is 0.0600. The van der Waals surface area contributed by atoms with Crippen LogP contribution in [0, 0.1) is 6.92 Å². The third kappa shape index (κ3) is 3.09. The molecule has 0 amide bonds. The van der Waals surface area contributed by atoms with E-state index in [1.54, 1.807) is 25.1 Å². The van der Waals surface area contributed by atoms with Gasteiger partial charge in [0.15, 0.2) is 0 Å². The molecule has 0 fully saturated rings. The first-order chi connectivity index (χ1) is 10.9. The summed E-state index contributed by atoms with van der Waals surface area (Å²) in [5.41, 5.74) is 2.37. The molecule has 0 bridgehead atoms. The SMILES string of the molecule is Cc1cc(Cl)ccc1S(=O)(=O)N1CC(C)NCc2ccccc21. The highest BCUT2D eigenvalue weighted by Gasteiger charge is 2.30. The standard InChI is InChI=1S/C17H19ClN2O2S/c1-12-9-15(18)7-8-17(12)23(21,22)20-11-13(2)19-10-14-5-3-4-6-16(14)20/h3-9,13,19H,10-11H2,1-2H3. The summed E-state index contributed by atoms with van der Waals surface area (Å²) in [6.07, 6.45) is 0. The molecular formula is C17H19ClN2O2S. The van der Waals surface area contributed by atoms with Crippen molar-refractivity contribution in [1.82, 2.24) is 5.32 Å². The molecule has 1 unspecified atom stereocenters. The van der Waals surface area contributed by atoms with Crippen LogP contribution in [-0.4, -0.2) is 21.0 Å². The first kappa shape index (κ1) is 16.3. The molecule has 0 spiro atoms. The summed E-state index contributed by atoms with van der Waals surface area (Å²) in [4.78, 5) is 0.297. The monoisotopic (exact) mass is 350 g/mol. The summed E-state index contributed by atoms with van der Waals surface area (Å²) in [6, 6.07) is 12.5. The molecule has 6 heteroatoms. The predicted octanol–water partition coefficient (Wildman–Crippen LogP) is 3.34. The number of rotatable bonds is 2. The van der Waals surface area contributed by atoms with Gasteiger partial charge in [-0.1, -0.05) is 29.8 Å². The third-order valence-electron chi connectivity index (χ3n) is 4.05. The molecule has 1 atom stereocenters. The number of hydrogen-bond donors (Lipinski definition) is 1. The molecule has 0 aliphatic carbocycles. The molecule has 0 radical (unpaired) electrons. The van der Waals surface area contributed by atoms with Crippen LogP contribution in [0.5, 0.6) is 0 Å². The van der Waals surface area contributed by atoms with Gasteiger partial charge in [-0.2, -0.15) is 0 Å². The number of sulfonamides is 1. The van der Waals surface area contributed by atoms with E-state index in [-0.39, 0.29) is 6.04 Å². The van der Waals surface area contributed by atoms with Crippen molar-refractivity contribution in [2.45, 2.75) is 31.3 Å². The molecule has 1 aliphatic heterocycles. The van der Waals surface area contributed by atoms with Crippen LogP contribution in [0.3, 0.4) is 0 Å². The highest BCUT2D eigenvalue weighted by molar-refractivity contribution is 7.92. The summed E-state index contributed by atoms with van der Waals surface area (Å²) in [5, 5.41) is 3.89. The minimum atomic E-state index is -3.64. The average Bonchev–Trinajstić information content (AvgIpc) is 2.67. The van der Waals surface area contributed by atoms with E-state index in [1.807, 2.05) is 31.2 Å². The van der Waals surface area contributed by atoms with Crippen LogP contribution in [0.1, 0.15) is 18.1 Å². The number of anilines is 1. The normalized spacial score (nSPS) is 18.4. The number of para-hydroxylation sites is 1. The second-order valence-corrected chi connectivity index (χ2v) is 8.12. The first-order valence-electron chi connectivity index (χ1n) is 7.50. The highest BCUT2D eigenvalue weighted by atomic mass is 35.5. The number of halogens is 1. The third-order valence-corrected chi connectivity index (χ3v) is 6.22. The van der Waals surface area contributed by atoms with E-state index < -0.39 is 10.0 Å². The van der Waals surface area contributed by atoms with Gasteiger partial charge in [0, 0.05) is 24.2 Å². The number of fused-ring (bicyclic) bond motifs is 1. The maximum atomic E-state index is 13.2. The highest BCUT2D eigenvalue weighted by Crippen LogP contribution is 2.31.